The predicted octanol–water partition coefficient (Wildman–Crippen LogP) is 5.40. The van der Waals surface area contributed by atoms with Crippen LogP contribution in [0.25, 0.3) is 0 Å². The molecule has 128 valence electrons. The Bertz CT molecular complexity index is 515. The third-order valence-corrected chi connectivity index (χ3v) is 4.32. The lowest BCUT2D eigenvalue weighted by molar-refractivity contribution is -0.143. The summed E-state index contributed by atoms with van der Waals surface area (Å²) in [6.45, 7) is 0. The van der Waals surface area contributed by atoms with Crippen molar-refractivity contribution in [3.8, 4) is 0 Å². The Balaban J connectivity index is 2.01. The fraction of sp³-hybridized carbons (Fsp3) is 0.556. The molecule has 0 atom stereocenters. The maximum atomic E-state index is 11.4. The number of rotatable bonds is 11. The zero-order chi connectivity index (χ0) is 17.1. The van der Waals surface area contributed by atoms with E-state index in [9.17, 15) is 9.59 Å². The van der Waals surface area contributed by atoms with Crippen molar-refractivity contribution in [3.05, 3.63) is 33.8 Å². The van der Waals surface area contributed by atoms with Crippen LogP contribution >= 0.6 is 23.2 Å². The summed E-state index contributed by atoms with van der Waals surface area (Å²) in [5.41, 5.74) is 1.14. The van der Waals surface area contributed by atoms with E-state index in [1.54, 1.807) is 6.07 Å². The lowest BCUT2D eigenvalue weighted by Crippen LogP contribution is -2.08. The molecule has 0 saturated heterocycles. The molecule has 5 heteroatoms. The zero-order valence-corrected chi connectivity index (χ0v) is 15.1. The molecule has 23 heavy (non-hydrogen) atoms. The second kappa shape index (κ2) is 11.5. The molecular weight excluding hydrogens is 335 g/mol. The van der Waals surface area contributed by atoms with Gasteiger partial charge in [-0.25, -0.2) is 0 Å². The maximum Gasteiger partial charge on any atom is 0.313 e. The maximum absolute atomic E-state index is 11.4. The number of ketones is 1. The molecule has 0 amide bonds. The summed E-state index contributed by atoms with van der Waals surface area (Å²) in [6, 6.07) is 5.63. The molecule has 0 radical (unpaired) electrons. The molecule has 0 unspecified atom stereocenters. The van der Waals surface area contributed by atoms with Crippen LogP contribution in [-0.2, 0) is 20.7 Å². The predicted molar refractivity (Wildman–Crippen MR) is 94.1 cm³/mol. The highest BCUT2D eigenvalue weighted by Crippen LogP contribution is 2.22. The van der Waals surface area contributed by atoms with Crippen LogP contribution in [0.3, 0.4) is 0 Å². The Morgan fingerprint density at radius 2 is 1.65 bits per heavy atom. The Kier molecular flexibility index (Phi) is 9.97. The number of halogens is 2. The molecule has 0 bridgehead atoms. The molecule has 1 rings (SSSR count). The van der Waals surface area contributed by atoms with Gasteiger partial charge < -0.3 is 4.74 Å². The monoisotopic (exact) mass is 358 g/mol. The van der Waals surface area contributed by atoms with Crippen molar-refractivity contribution < 1.29 is 14.3 Å². The Labute approximate surface area is 148 Å². The van der Waals surface area contributed by atoms with E-state index in [-0.39, 0.29) is 12.2 Å². The molecular formula is C18H24Cl2O3. The summed E-state index contributed by atoms with van der Waals surface area (Å²) >= 11 is 12.0. The molecule has 1 aromatic carbocycles. The van der Waals surface area contributed by atoms with Gasteiger partial charge in [-0.2, -0.15) is 0 Å². The quantitative estimate of drug-likeness (QED) is 0.302. The molecule has 0 aromatic heterocycles. The van der Waals surface area contributed by atoms with Gasteiger partial charge in [-0.05, 0) is 37.0 Å². The first-order chi connectivity index (χ1) is 11.0. The number of hydrogen-bond donors (Lipinski definition) is 0. The molecule has 0 aliphatic rings. The van der Waals surface area contributed by atoms with Crippen LogP contribution in [0.2, 0.25) is 10.0 Å². The van der Waals surface area contributed by atoms with E-state index in [1.807, 2.05) is 12.1 Å². The molecule has 0 N–H and O–H groups in total. The molecule has 0 fully saturated rings. The zero-order valence-electron chi connectivity index (χ0n) is 13.6. The van der Waals surface area contributed by atoms with Gasteiger partial charge in [-0.1, -0.05) is 55.0 Å². The summed E-state index contributed by atoms with van der Waals surface area (Å²) in [7, 11) is 1.30. The van der Waals surface area contributed by atoms with Crippen LogP contribution in [0, 0.1) is 0 Å². The standard InChI is InChI=1S/C18H24Cl2O3/c1-23-18(22)13-16(21)9-7-5-3-2-4-6-8-14-10-11-15(19)12-17(14)20/h10-12H,2-9,13H2,1H3. The Morgan fingerprint density at radius 3 is 2.30 bits per heavy atom. The van der Waals surface area contributed by atoms with Gasteiger partial charge >= 0.3 is 5.97 Å². The average molecular weight is 359 g/mol. The topological polar surface area (TPSA) is 43.4 Å². The molecule has 1 aromatic rings. The summed E-state index contributed by atoms with van der Waals surface area (Å²) < 4.78 is 4.47. The third-order valence-electron chi connectivity index (χ3n) is 3.74. The minimum absolute atomic E-state index is 0.0331. The lowest BCUT2D eigenvalue weighted by atomic mass is 10.0. The van der Waals surface area contributed by atoms with E-state index in [1.165, 1.54) is 7.11 Å². The smallest absolute Gasteiger partial charge is 0.313 e. The summed E-state index contributed by atoms with van der Waals surface area (Å²) in [5, 5.41) is 1.40. The largest absolute Gasteiger partial charge is 0.469 e. The first-order valence-corrected chi connectivity index (χ1v) is 8.81. The number of aryl methyl sites for hydroxylation is 1. The van der Waals surface area contributed by atoms with Gasteiger partial charge in [0.25, 0.3) is 0 Å². The van der Waals surface area contributed by atoms with Gasteiger partial charge in [0.15, 0.2) is 0 Å². The number of carbonyl (C=O) groups excluding carboxylic acids is 2. The number of carbonyl (C=O) groups is 2. The number of unbranched alkanes of at least 4 members (excludes halogenated alkanes) is 5. The van der Waals surface area contributed by atoms with E-state index >= 15 is 0 Å². The van der Waals surface area contributed by atoms with Crippen LogP contribution in [-0.4, -0.2) is 18.9 Å². The van der Waals surface area contributed by atoms with E-state index in [0.29, 0.717) is 11.4 Å². The minimum Gasteiger partial charge on any atom is -0.469 e. The van der Waals surface area contributed by atoms with Crippen molar-refractivity contribution in [2.24, 2.45) is 0 Å². The first-order valence-electron chi connectivity index (χ1n) is 8.05. The molecule has 0 saturated carbocycles. The Morgan fingerprint density at radius 1 is 1.00 bits per heavy atom. The van der Waals surface area contributed by atoms with Gasteiger partial charge in [0.05, 0.1) is 7.11 Å². The van der Waals surface area contributed by atoms with E-state index in [0.717, 1.165) is 55.5 Å². The van der Waals surface area contributed by atoms with Gasteiger partial charge in [-0.3, -0.25) is 9.59 Å². The van der Waals surface area contributed by atoms with Gasteiger partial charge in [0.2, 0.25) is 0 Å². The van der Waals surface area contributed by atoms with Crippen molar-refractivity contribution >= 4 is 35.0 Å². The lowest BCUT2D eigenvalue weighted by Gasteiger charge is -2.05. The van der Waals surface area contributed by atoms with Crippen molar-refractivity contribution in [2.45, 2.75) is 57.8 Å². The van der Waals surface area contributed by atoms with Crippen molar-refractivity contribution in [1.82, 2.24) is 0 Å². The van der Waals surface area contributed by atoms with Crippen LogP contribution in [0.5, 0.6) is 0 Å². The second-order valence-corrected chi connectivity index (χ2v) is 6.49. The molecule has 3 nitrogen and oxygen atoms in total. The van der Waals surface area contributed by atoms with Crippen molar-refractivity contribution in [1.29, 1.82) is 0 Å². The molecule has 0 aliphatic carbocycles. The summed E-state index contributed by atoms with van der Waals surface area (Å²) in [4.78, 5) is 22.4. The van der Waals surface area contributed by atoms with Crippen LogP contribution in [0.1, 0.15) is 56.9 Å². The first kappa shape index (κ1) is 20.0. The highest BCUT2D eigenvalue weighted by Gasteiger charge is 2.08. The summed E-state index contributed by atoms with van der Waals surface area (Å²) in [5.74, 6) is -0.481. The number of esters is 1. The van der Waals surface area contributed by atoms with Crippen LogP contribution in [0.15, 0.2) is 18.2 Å². The third kappa shape index (κ3) is 8.97. The van der Waals surface area contributed by atoms with E-state index in [2.05, 4.69) is 4.74 Å². The normalized spacial score (nSPS) is 10.6. The SMILES string of the molecule is COC(=O)CC(=O)CCCCCCCCc1ccc(Cl)cc1Cl. The van der Waals surface area contributed by atoms with Gasteiger partial charge in [0, 0.05) is 16.5 Å². The van der Waals surface area contributed by atoms with Gasteiger partial charge in [0.1, 0.15) is 12.2 Å². The summed E-state index contributed by atoms with van der Waals surface area (Å²) in [6.07, 6.45) is 7.71. The van der Waals surface area contributed by atoms with Crippen LogP contribution < -0.4 is 0 Å². The second-order valence-electron chi connectivity index (χ2n) is 5.65. The number of Topliss-reactive ketones (excluding diaryl/α,β-unsaturated/α-hetero) is 1. The number of ether oxygens (including phenoxy) is 1. The number of hydrogen-bond acceptors (Lipinski definition) is 3. The minimum atomic E-state index is -0.448. The molecule has 0 spiro atoms. The van der Waals surface area contributed by atoms with Crippen molar-refractivity contribution in [3.63, 3.8) is 0 Å². The van der Waals surface area contributed by atoms with E-state index < -0.39 is 5.97 Å². The fourth-order valence-electron chi connectivity index (χ4n) is 2.39. The highest BCUT2D eigenvalue weighted by molar-refractivity contribution is 6.35. The fourth-order valence-corrected chi connectivity index (χ4v) is 2.89. The average Bonchev–Trinajstić information content (AvgIpc) is 2.51. The Hall–Kier alpha value is -1.06. The van der Waals surface area contributed by atoms with E-state index in [4.69, 9.17) is 23.2 Å². The van der Waals surface area contributed by atoms with Crippen molar-refractivity contribution in [2.75, 3.05) is 7.11 Å². The number of methoxy groups -OCH3 is 1. The molecule has 0 aliphatic heterocycles. The van der Waals surface area contributed by atoms with Gasteiger partial charge in [-0.15, -0.1) is 0 Å². The number of benzene rings is 1. The molecule has 0 heterocycles. The highest BCUT2D eigenvalue weighted by atomic mass is 35.5. The van der Waals surface area contributed by atoms with Crippen LogP contribution in [0.4, 0.5) is 0 Å².